The van der Waals surface area contributed by atoms with Gasteiger partial charge >= 0.3 is 6.18 Å². The van der Waals surface area contributed by atoms with Crippen molar-refractivity contribution in [1.29, 1.82) is 0 Å². The molecule has 0 bridgehead atoms. The maximum Gasteiger partial charge on any atom is 0.405 e. The average molecular weight is 409 g/mol. The van der Waals surface area contributed by atoms with Crippen LogP contribution in [0.3, 0.4) is 0 Å². The quantitative estimate of drug-likeness (QED) is 0.768. The molecule has 6 nitrogen and oxygen atoms in total. The Kier molecular flexibility index (Phi) is 7.45. The summed E-state index contributed by atoms with van der Waals surface area (Å²) >= 11 is 0.950. The number of hydrogen-bond donors (Lipinski definition) is 2. The highest BCUT2D eigenvalue weighted by atomic mass is 35.5. The smallest absolute Gasteiger partial charge is 0.314 e. The largest absolute Gasteiger partial charge is 0.405 e. The van der Waals surface area contributed by atoms with Crippen LogP contribution in [0.25, 0.3) is 0 Å². The van der Waals surface area contributed by atoms with Crippen molar-refractivity contribution in [3.63, 3.8) is 0 Å². The van der Waals surface area contributed by atoms with E-state index in [-0.39, 0.29) is 29.7 Å². The van der Waals surface area contributed by atoms with Crippen LogP contribution in [0.5, 0.6) is 0 Å². The molecule has 1 saturated heterocycles. The summed E-state index contributed by atoms with van der Waals surface area (Å²) in [4.78, 5) is 5.26. The van der Waals surface area contributed by atoms with Gasteiger partial charge in [-0.1, -0.05) is 0 Å². The van der Waals surface area contributed by atoms with Gasteiger partial charge in [0.2, 0.25) is 0 Å². The lowest BCUT2D eigenvalue weighted by molar-refractivity contribution is -0.182. The molecule has 0 aliphatic carbocycles. The molecule has 0 spiro atoms. The predicted octanol–water partition coefficient (Wildman–Crippen LogP) is 1.30. The van der Waals surface area contributed by atoms with Crippen molar-refractivity contribution in [2.75, 3.05) is 32.7 Å². The number of alkyl halides is 3. The molecule has 2 N–H and O–H groups in total. The van der Waals surface area contributed by atoms with Crippen LogP contribution in [0, 0.1) is 13.8 Å². The molecule has 0 amide bonds. The summed E-state index contributed by atoms with van der Waals surface area (Å²) in [7, 11) is -4.00. The zero-order valence-corrected chi connectivity index (χ0v) is 15.6. The summed E-state index contributed by atoms with van der Waals surface area (Å²) in [6, 6.07) is -1.84. The van der Waals surface area contributed by atoms with Gasteiger partial charge in [-0.05, 0) is 13.8 Å². The highest BCUT2D eigenvalue weighted by Crippen LogP contribution is 2.26. The number of piperazine rings is 1. The molecule has 1 aliphatic heterocycles. The van der Waals surface area contributed by atoms with E-state index in [4.69, 9.17) is 0 Å². The van der Waals surface area contributed by atoms with Crippen LogP contribution in [-0.4, -0.2) is 63.2 Å². The molecule has 0 aromatic carbocycles. The first-order valence-corrected chi connectivity index (χ1v) is 9.36. The Balaban J connectivity index is 0.00000288. The second kappa shape index (κ2) is 8.28. The molecule has 0 radical (unpaired) electrons. The molecule has 24 heavy (non-hydrogen) atoms. The van der Waals surface area contributed by atoms with E-state index >= 15 is 0 Å². The number of nitrogens with zero attached hydrogens (tertiary/aromatic N) is 2. The molecule has 1 fully saturated rings. The van der Waals surface area contributed by atoms with E-state index in [0.29, 0.717) is 23.8 Å². The number of thiazole rings is 1. The third-order valence-electron chi connectivity index (χ3n) is 3.54. The van der Waals surface area contributed by atoms with Crippen LogP contribution in [-0.2, 0) is 10.0 Å². The predicted molar refractivity (Wildman–Crippen MR) is 88.3 cm³/mol. The molecule has 140 valence electrons. The minimum atomic E-state index is -4.50. The molecule has 0 saturated carbocycles. The highest BCUT2D eigenvalue weighted by Gasteiger charge is 2.44. The van der Waals surface area contributed by atoms with Gasteiger partial charge in [0.05, 0.1) is 10.7 Å². The van der Waals surface area contributed by atoms with Crippen molar-refractivity contribution >= 4 is 33.8 Å². The van der Waals surface area contributed by atoms with Crippen LogP contribution in [0.4, 0.5) is 13.2 Å². The fraction of sp³-hybridized carbons (Fsp3) is 0.750. The monoisotopic (exact) mass is 408 g/mol. The van der Waals surface area contributed by atoms with E-state index in [9.17, 15) is 21.6 Å². The van der Waals surface area contributed by atoms with Crippen molar-refractivity contribution in [2.45, 2.75) is 30.3 Å². The lowest BCUT2D eigenvalue weighted by Crippen LogP contribution is -2.57. The summed E-state index contributed by atoms with van der Waals surface area (Å²) in [6.45, 7) is 3.82. The molecule has 1 atom stereocenters. The summed E-state index contributed by atoms with van der Waals surface area (Å²) in [6.07, 6.45) is -4.50. The number of sulfonamides is 1. The van der Waals surface area contributed by atoms with Gasteiger partial charge < -0.3 is 5.32 Å². The molecular formula is C12H20ClF3N4O2S2. The number of nitrogens with one attached hydrogen (secondary N) is 2. The number of aromatic nitrogens is 1. The van der Waals surface area contributed by atoms with Crippen LogP contribution in [0.2, 0.25) is 0 Å². The fourth-order valence-corrected chi connectivity index (χ4v) is 5.03. The van der Waals surface area contributed by atoms with Crippen molar-refractivity contribution in [3.05, 3.63) is 10.7 Å². The summed E-state index contributed by atoms with van der Waals surface area (Å²) in [5.41, 5.74) is 0.297. The minimum absolute atomic E-state index is 0. The third kappa shape index (κ3) is 5.27. The van der Waals surface area contributed by atoms with Gasteiger partial charge in [0.15, 0.2) is 4.21 Å². The van der Waals surface area contributed by atoms with Crippen molar-refractivity contribution in [1.82, 2.24) is 19.9 Å². The Hall–Kier alpha value is -0.460. The Morgan fingerprint density at radius 1 is 1.33 bits per heavy atom. The van der Waals surface area contributed by atoms with Crippen LogP contribution in [0.15, 0.2) is 4.21 Å². The van der Waals surface area contributed by atoms with Gasteiger partial charge in [-0.25, -0.2) is 18.1 Å². The molecule has 2 rings (SSSR count). The molecule has 1 unspecified atom stereocenters. The normalized spacial score (nSPS) is 18.2. The standard InChI is InChI=1S/C12H19F3N4O2S2.ClH/c1-8-11(22-9(2)18-8)23(20,21)17-7-10(12(13,14)15)19-5-3-16-4-6-19;/h10,16-17H,3-7H2,1-2H3;1H. The Labute approximate surface area is 149 Å². The van der Waals surface area contributed by atoms with E-state index in [1.807, 2.05) is 0 Å². The summed E-state index contributed by atoms with van der Waals surface area (Å²) < 4.78 is 66.3. The molecule has 1 aromatic rings. The second-order valence-corrected chi connectivity index (χ2v) is 8.47. The second-order valence-electron chi connectivity index (χ2n) is 5.30. The first-order chi connectivity index (χ1) is 10.6. The maximum atomic E-state index is 13.3. The molecule has 1 aliphatic rings. The first kappa shape index (κ1) is 21.6. The third-order valence-corrected chi connectivity index (χ3v) is 6.65. The SMILES string of the molecule is Cc1nc(C)c(S(=O)(=O)NCC(N2CCNCC2)C(F)(F)F)s1.Cl. The zero-order valence-electron chi connectivity index (χ0n) is 13.2. The number of aryl methyl sites for hydroxylation is 2. The van der Waals surface area contributed by atoms with E-state index < -0.39 is 28.8 Å². The van der Waals surface area contributed by atoms with Gasteiger partial charge in [-0.2, -0.15) is 13.2 Å². The van der Waals surface area contributed by atoms with Gasteiger partial charge in [0, 0.05) is 32.7 Å². The number of halogens is 4. The van der Waals surface area contributed by atoms with Crippen LogP contribution < -0.4 is 10.0 Å². The fourth-order valence-electron chi connectivity index (χ4n) is 2.46. The first-order valence-electron chi connectivity index (χ1n) is 7.06. The van der Waals surface area contributed by atoms with Crippen molar-refractivity contribution in [2.24, 2.45) is 0 Å². The summed E-state index contributed by atoms with van der Waals surface area (Å²) in [5.74, 6) is 0. The number of rotatable bonds is 5. The van der Waals surface area contributed by atoms with Gasteiger partial charge in [0.25, 0.3) is 10.0 Å². The van der Waals surface area contributed by atoms with E-state index in [0.717, 1.165) is 11.3 Å². The average Bonchev–Trinajstić information content (AvgIpc) is 2.78. The van der Waals surface area contributed by atoms with E-state index in [1.54, 1.807) is 6.92 Å². The van der Waals surface area contributed by atoms with Crippen molar-refractivity contribution in [3.8, 4) is 0 Å². The van der Waals surface area contributed by atoms with Crippen LogP contribution >= 0.6 is 23.7 Å². The topological polar surface area (TPSA) is 74.3 Å². The zero-order chi connectivity index (χ0) is 17.3. The van der Waals surface area contributed by atoms with E-state index in [2.05, 4.69) is 15.0 Å². The lowest BCUT2D eigenvalue weighted by Gasteiger charge is -2.35. The Morgan fingerprint density at radius 3 is 2.38 bits per heavy atom. The molecule has 12 heteroatoms. The molecule has 2 heterocycles. The maximum absolute atomic E-state index is 13.3. The van der Waals surface area contributed by atoms with Gasteiger partial charge in [-0.15, -0.1) is 23.7 Å². The van der Waals surface area contributed by atoms with Crippen molar-refractivity contribution < 1.29 is 21.6 Å². The summed E-state index contributed by atoms with van der Waals surface area (Å²) in [5, 5.41) is 3.53. The van der Waals surface area contributed by atoms with Gasteiger partial charge in [0.1, 0.15) is 6.04 Å². The lowest BCUT2D eigenvalue weighted by atomic mass is 10.2. The number of hydrogen-bond acceptors (Lipinski definition) is 6. The van der Waals surface area contributed by atoms with Gasteiger partial charge in [-0.3, -0.25) is 4.90 Å². The highest BCUT2D eigenvalue weighted by molar-refractivity contribution is 7.91. The van der Waals surface area contributed by atoms with Crippen LogP contribution in [0.1, 0.15) is 10.7 Å². The van der Waals surface area contributed by atoms with E-state index in [1.165, 1.54) is 11.8 Å². The molecular weight excluding hydrogens is 389 g/mol. The minimum Gasteiger partial charge on any atom is -0.314 e. The Morgan fingerprint density at radius 2 is 1.92 bits per heavy atom. The Bertz CT molecular complexity index is 645. The molecule has 1 aromatic heterocycles.